The largest absolute Gasteiger partial charge is 0.352 e. The third kappa shape index (κ3) is 2.95. The fourth-order valence-corrected chi connectivity index (χ4v) is 4.54. The van der Waals surface area contributed by atoms with Gasteiger partial charge in [0, 0.05) is 36.9 Å². The van der Waals surface area contributed by atoms with Gasteiger partial charge < -0.3 is 14.8 Å². The Kier molecular flexibility index (Phi) is 4.31. The molecule has 1 aromatic carbocycles. The zero-order chi connectivity index (χ0) is 16.5. The molecule has 2 aromatic rings. The first kappa shape index (κ1) is 15.7. The maximum atomic E-state index is 12.6. The molecule has 4 nitrogen and oxygen atoms in total. The zero-order valence-corrected chi connectivity index (χ0v) is 14.5. The highest BCUT2D eigenvalue weighted by molar-refractivity contribution is 5.98. The van der Waals surface area contributed by atoms with E-state index in [1.54, 1.807) is 0 Å². The van der Waals surface area contributed by atoms with Gasteiger partial charge in [-0.25, -0.2) is 0 Å². The summed E-state index contributed by atoms with van der Waals surface area (Å²) in [5, 5.41) is 4.38. The van der Waals surface area contributed by atoms with Crippen LogP contribution in [0, 0.1) is 5.92 Å². The van der Waals surface area contributed by atoms with Crippen molar-refractivity contribution in [3.8, 4) is 0 Å². The molecule has 2 fully saturated rings. The normalized spacial score (nSPS) is 24.7. The van der Waals surface area contributed by atoms with Gasteiger partial charge in [-0.2, -0.15) is 0 Å². The topological polar surface area (TPSA) is 37.3 Å². The number of hydrogen-bond donors (Lipinski definition) is 1. The Balaban J connectivity index is 1.42. The Labute approximate surface area is 143 Å². The number of nitrogens with zero attached hydrogens (tertiary/aromatic N) is 2. The van der Waals surface area contributed by atoms with E-state index in [1.807, 2.05) is 31.4 Å². The number of aromatic nitrogens is 1. The predicted octanol–water partition coefficient (Wildman–Crippen LogP) is 3.17. The molecule has 2 atom stereocenters. The number of benzene rings is 1. The first-order valence-electron chi connectivity index (χ1n) is 9.30. The molecule has 2 aliphatic heterocycles. The minimum atomic E-state index is 0.0611. The third-order valence-electron chi connectivity index (χ3n) is 5.90. The molecule has 4 heteroatoms. The summed E-state index contributed by atoms with van der Waals surface area (Å²) in [7, 11) is 2.02. The molecule has 0 spiro atoms. The number of fused-ring (bicyclic) bond motifs is 2. The van der Waals surface area contributed by atoms with Gasteiger partial charge in [-0.1, -0.05) is 12.5 Å². The van der Waals surface area contributed by atoms with E-state index in [9.17, 15) is 4.79 Å². The number of nitrogens with one attached hydrogen (secondary N) is 1. The molecule has 1 aromatic heterocycles. The van der Waals surface area contributed by atoms with Gasteiger partial charge in [-0.05, 0) is 68.3 Å². The van der Waals surface area contributed by atoms with Crippen molar-refractivity contribution >= 4 is 16.8 Å². The van der Waals surface area contributed by atoms with Crippen LogP contribution in [-0.4, -0.2) is 41.1 Å². The number of piperidine rings is 2. The Hall–Kier alpha value is -1.81. The number of carbonyl (C=O) groups is 1. The van der Waals surface area contributed by atoms with Gasteiger partial charge in [0.05, 0.1) is 0 Å². The third-order valence-corrected chi connectivity index (χ3v) is 5.90. The molecule has 2 aliphatic rings. The first-order chi connectivity index (χ1) is 11.7. The van der Waals surface area contributed by atoms with Crippen molar-refractivity contribution < 1.29 is 4.79 Å². The Morgan fingerprint density at radius 2 is 2.04 bits per heavy atom. The lowest BCUT2D eigenvalue weighted by molar-refractivity contribution is 0.0575. The summed E-state index contributed by atoms with van der Waals surface area (Å²) in [5.74, 6) is 0.674. The lowest BCUT2D eigenvalue weighted by Crippen LogP contribution is -2.51. The molecular weight excluding hydrogens is 298 g/mol. The molecule has 2 saturated heterocycles. The fourth-order valence-electron chi connectivity index (χ4n) is 4.54. The second-order valence-corrected chi connectivity index (χ2v) is 7.41. The highest BCUT2D eigenvalue weighted by Gasteiger charge is 2.32. The van der Waals surface area contributed by atoms with Crippen molar-refractivity contribution in [2.24, 2.45) is 13.0 Å². The maximum absolute atomic E-state index is 12.6. The van der Waals surface area contributed by atoms with E-state index in [0.717, 1.165) is 17.6 Å². The molecule has 3 heterocycles. The standard InChI is InChI=1S/C20H27N3O/c1-22-12-9-15-7-8-16(13-19(15)22)20(24)21-14-17-5-4-11-23-10-3-2-6-18(17)23/h7-9,12-13,17-18H,2-6,10-11,14H2,1H3,(H,21,24)/t17-,18+/m0/s1. The molecule has 0 bridgehead atoms. The summed E-state index contributed by atoms with van der Waals surface area (Å²) in [6, 6.07) is 8.73. The number of aryl methyl sites for hydroxylation is 1. The molecule has 1 N–H and O–H groups in total. The Morgan fingerprint density at radius 3 is 2.96 bits per heavy atom. The monoisotopic (exact) mass is 325 g/mol. The van der Waals surface area contributed by atoms with Gasteiger partial charge in [0.25, 0.3) is 5.91 Å². The smallest absolute Gasteiger partial charge is 0.251 e. The van der Waals surface area contributed by atoms with Crippen LogP contribution in [0.3, 0.4) is 0 Å². The average molecular weight is 325 g/mol. The van der Waals surface area contributed by atoms with Gasteiger partial charge >= 0.3 is 0 Å². The van der Waals surface area contributed by atoms with E-state index in [0.29, 0.717) is 12.0 Å². The predicted molar refractivity (Wildman–Crippen MR) is 97.2 cm³/mol. The quantitative estimate of drug-likeness (QED) is 0.941. The molecule has 0 unspecified atom stereocenters. The van der Waals surface area contributed by atoms with Crippen molar-refractivity contribution in [3.63, 3.8) is 0 Å². The lowest BCUT2D eigenvalue weighted by Gasteiger charge is -2.44. The van der Waals surface area contributed by atoms with Gasteiger partial charge in [-0.15, -0.1) is 0 Å². The van der Waals surface area contributed by atoms with Crippen molar-refractivity contribution in [2.75, 3.05) is 19.6 Å². The highest BCUT2D eigenvalue weighted by atomic mass is 16.1. The maximum Gasteiger partial charge on any atom is 0.251 e. The van der Waals surface area contributed by atoms with Gasteiger partial charge in [0.2, 0.25) is 0 Å². The molecule has 24 heavy (non-hydrogen) atoms. The molecule has 0 aliphatic carbocycles. The van der Waals surface area contributed by atoms with E-state index in [4.69, 9.17) is 0 Å². The second-order valence-electron chi connectivity index (χ2n) is 7.41. The molecule has 0 saturated carbocycles. The summed E-state index contributed by atoms with van der Waals surface area (Å²) in [4.78, 5) is 15.2. The van der Waals surface area contributed by atoms with Gasteiger partial charge in [-0.3, -0.25) is 4.79 Å². The van der Waals surface area contributed by atoms with Crippen LogP contribution >= 0.6 is 0 Å². The molecule has 1 amide bonds. The van der Waals surface area contributed by atoms with E-state index < -0.39 is 0 Å². The summed E-state index contributed by atoms with van der Waals surface area (Å²) in [6.45, 7) is 3.31. The van der Waals surface area contributed by atoms with Crippen LogP contribution in [0.4, 0.5) is 0 Å². The van der Waals surface area contributed by atoms with Gasteiger partial charge in [0.15, 0.2) is 0 Å². The summed E-state index contributed by atoms with van der Waals surface area (Å²) in [6.07, 6.45) is 8.54. The summed E-state index contributed by atoms with van der Waals surface area (Å²) >= 11 is 0. The molecule has 4 rings (SSSR count). The molecular formula is C20H27N3O. The first-order valence-corrected chi connectivity index (χ1v) is 9.30. The summed E-state index contributed by atoms with van der Waals surface area (Å²) < 4.78 is 2.06. The van der Waals surface area contributed by atoms with Crippen LogP contribution in [-0.2, 0) is 7.05 Å². The fraction of sp³-hybridized carbons (Fsp3) is 0.550. The minimum Gasteiger partial charge on any atom is -0.352 e. The van der Waals surface area contributed by atoms with Crippen LogP contribution in [0.15, 0.2) is 30.5 Å². The van der Waals surface area contributed by atoms with Crippen molar-refractivity contribution in [1.29, 1.82) is 0 Å². The van der Waals surface area contributed by atoms with E-state index in [-0.39, 0.29) is 5.91 Å². The number of hydrogen-bond acceptors (Lipinski definition) is 2. The molecule has 128 valence electrons. The van der Waals surface area contributed by atoms with Crippen LogP contribution in [0.1, 0.15) is 42.5 Å². The van der Waals surface area contributed by atoms with Gasteiger partial charge in [0.1, 0.15) is 0 Å². The van der Waals surface area contributed by atoms with Crippen molar-refractivity contribution in [3.05, 3.63) is 36.0 Å². The van der Waals surface area contributed by atoms with E-state index >= 15 is 0 Å². The Bertz CT molecular complexity index is 734. The minimum absolute atomic E-state index is 0.0611. The highest BCUT2D eigenvalue weighted by Crippen LogP contribution is 2.30. The second kappa shape index (κ2) is 6.60. The van der Waals surface area contributed by atoms with Crippen molar-refractivity contribution in [2.45, 2.75) is 38.1 Å². The van der Waals surface area contributed by atoms with Crippen LogP contribution in [0.25, 0.3) is 10.9 Å². The van der Waals surface area contributed by atoms with E-state index in [1.165, 1.54) is 50.6 Å². The molecule has 0 radical (unpaired) electrons. The van der Waals surface area contributed by atoms with E-state index in [2.05, 4.69) is 20.9 Å². The SMILES string of the molecule is Cn1ccc2ccc(C(=O)NC[C@@H]3CCCN4CCCC[C@H]34)cc21. The Morgan fingerprint density at radius 1 is 1.17 bits per heavy atom. The lowest BCUT2D eigenvalue weighted by atomic mass is 9.83. The number of rotatable bonds is 3. The zero-order valence-electron chi connectivity index (χ0n) is 14.5. The van der Waals surface area contributed by atoms with Crippen LogP contribution in [0.2, 0.25) is 0 Å². The van der Waals surface area contributed by atoms with Crippen molar-refractivity contribution in [1.82, 2.24) is 14.8 Å². The average Bonchev–Trinajstić information content (AvgIpc) is 3.00. The summed E-state index contributed by atoms with van der Waals surface area (Å²) in [5.41, 5.74) is 1.87. The number of amides is 1. The van der Waals surface area contributed by atoms with Crippen LogP contribution in [0.5, 0.6) is 0 Å². The number of carbonyl (C=O) groups excluding carboxylic acids is 1. The van der Waals surface area contributed by atoms with Crippen LogP contribution < -0.4 is 5.32 Å².